The molecule has 2 aromatic heterocycles. The van der Waals surface area contributed by atoms with Crippen LogP contribution in [0.3, 0.4) is 0 Å². The summed E-state index contributed by atoms with van der Waals surface area (Å²) in [5.74, 6) is 0.0203. The Morgan fingerprint density at radius 1 is 1.42 bits per heavy atom. The lowest BCUT2D eigenvalue weighted by atomic mass is 10.5. The highest BCUT2D eigenvalue weighted by Gasteiger charge is 2.04. The highest BCUT2D eigenvalue weighted by atomic mass is 19.1. The summed E-state index contributed by atoms with van der Waals surface area (Å²) in [6, 6.07) is 2.71. The molecule has 0 bridgehead atoms. The third kappa shape index (κ3) is 3.30. The van der Waals surface area contributed by atoms with Gasteiger partial charge in [-0.25, -0.2) is 13.7 Å². The van der Waals surface area contributed by atoms with Gasteiger partial charge in [0.05, 0.1) is 6.20 Å². The Hall–Kier alpha value is -2.38. The van der Waals surface area contributed by atoms with Crippen molar-refractivity contribution in [1.29, 1.82) is 0 Å². The summed E-state index contributed by atoms with van der Waals surface area (Å²) < 4.78 is 14.3. The van der Waals surface area contributed by atoms with Gasteiger partial charge in [-0.1, -0.05) is 0 Å². The summed E-state index contributed by atoms with van der Waals surface area (Å²) in [5.41, 5.74) is 0.557. The number of anilines is 1. The molecule has 8 heteroatoms. The zero-order valence-corrected chi connectivity index (χ0v) is 10.7. The van der Waals surface area contributed by atoms with Gasteiger partial charge in [0.2, 0.25) is 5.95 Å². The predicted octanol–water partition coefficient (Wildman–Crippen LogP) is 0.551. The van der Waals surface area contributed by atoms with Crippen LogP contribution in [0.15, 0.2) is 18.3 Å². The van der Waals surface area contributed by atoms with E-state index < -0.39 is 0 Å². The maximum atomic E-state index is 13.0. The number of urea groups is 1. The van der Waals surface area contributed by atoms with Crippen LogP contribution < -0.4 is 10.6 Å². The number of hydrogen-bond donors (Lipinski definition) is 2. The minimum absolute atomic E-state index is 0.160. The van der Waals surface area contributed by atoms with Crippen LogP contribution in [0.5, 0.6) is 0 Å². The van der Waals surface area contributed by atoms with Crippen LogP contribution in [0, 0.1) is 5.82 Å². The number of carbonyl (C=O) groups excluding carboxylic acids is 1. The molecule has 0 aliphatic heterocycles. The van der Waals surface area contributed by atoms with E-state index in [0.29, 0.717) is 24.7 Å². The summed E-state index contributed by atoms with van der Waals surface area (Å²) >= 11 is 0. The number of rotatable bonds is 4. The highest BCUT2D eigenvalue weighted by Crippen LogP contribution is 2.06. The number of halogens is 1. The lowest BCUT2D eigenvalue weighted by molar-refractivity contribution is 0.218. The Labute approximate surface area is 109 Å². The predicted molar refractivity (Wildman–Crippen MR) is 68.5 cm³/mol. The maximum absolute atomic E-state index is 13.0. The number of nitrogens with one attached hydrogen (secondary N) is 2. The monoisotopic (exact) mass is 266 g/mol. The summed E-state index contributed by atoms with van der Waals surface area (Å²) in [6.45, 7) is 0.930. The van der Waals surface area contributed by atoms with Crippen LogP contribution in [0.2, 0.25) is 0 Å². The Bertz CT molecular complexity index is 582. The molecule has 0 spiro atoms. The minimum atomic E-state index is -0.373. The first-order valence-corrected chi connectivity index (χ1v) is 5.77. The summed E-state index contributed by atoms with van der Waals surface area (Å²) in [5, 5.41) is 9.70. The quantitative estimate of drug-likeness (QED) is 0.793. The second kappa shape index (κ2) is 5.51. The van der Waals surface area contributed by atoms with Crippen molar-refractivity contribution in [2.75, 3.05) is 32.5 Å². The van der Waals surface area contributed by atoms with E-state index in [9.17, 15) is 9.18 Å². The first-order chi connectivity index (χ1) is 9.06. The van der Waals surface area contributed by atoms with Crippen LogP contribution >= 0.6 is 0 Å². The van der Waals surface area contributed by atoms with Crippen molar-refractivity contribution in [3.8, 4) is 0 Å². The first kappa shape index (κ1) is 13.1. The van der Waals surface area contributed by atoms with Crippen molar-refractivity contribution >= 4 is 17.6 Å². The van der Waals surface area contributed by atoms with Gasteiger partial charge in [0.25, 0.3) is 0 Å². The van der Waals surface area contributed by atoms with Gasteiger partial charge in [0.15, 0.2) is 5.65 Å². The summed E-state index contributed by atoms with van der Waals surface area (Å²) in [6.07, 6.45) is 1.25. The average molecular weight is 266 g/mol. The Kier molecular flexibility index (Phi) is 3.79. The molecular formula is C11H15FN6O. The molecule has 0 saturated heterocycles. The summed E-state index contributed by atoms with van der Waals surface area (Å²) in [4.78, 5) is 16.8. The largest absolute Gasteiger partial charge is 0.351 e. The number of fused-ring (bicyclic) bond motifs is 1. The average Bonchev–Trinajstić information content (AvgIpc) is 2.75. The third-order valence-electron chi connectivity index (χ3n) is 2.39. The van der Waals surface area contributed by atoms with E-state index >= 15 is 0 Å². The van der Waals surface area contributed by atoms with Crippen molar-refractivity contribution in [3.05, 3.63) is 24.1 Å². The van der Waals surface area contributed by atoms with Crippen LogP contribution in [0.1, 0.15) is 0 Å². The molecule has 0 radical (unpaired) electrons. The molecule has 7 nitrogen and oxygen atoms in total. The van der Waals surface area contributed by atoms with Crippen molar-refractivity contribution in [2.24, 2.45) is 0 Å². The lowest BCUT2D eigenvalue weighted by Gasteiger charge is -2.11. The molecular weight excluding hydrogens is 251 g/mol. The molecule has 2 amide bonds. The van der Waals surface area contributed by atoms with Crippen LogP contribution in [-0.4, -0.2) is 52.7 Å². The molecule has 0 aromatic carbocycles. The number of hydrogen-bond acceptors (Lipinski definition) is 4. The fraction of sp³-hybridized carbons (Fsp3) is 0.364. The van der Waals surface area contributed by atoms with Gasteiger partial charge in [0.1, 0.15) is 5.82 Å². The van der Waals surface area contributed by atoms with Gasteiger partial charge in [-0.05, 0) is 12.1 Å². The topological polar surface area (TPSA) is 74.6 Å². The van der Waals surface area contributed by atoms with Gasteiger partial charge in [-0.3, -0.25) is 0 Å². The Morgan fingerprint density at radius 3 is 2.95 bits per heavy atom. The molecule has 0 aliphatic rings. The van der Waals surface area contributed by atoms with Gasteiger partial charge >= 0.3 is 6.03 Å². The maximum Gasteiger partial charge on any atom is 0.316 e. The van der Waals surface area contributed by atoms with Crippen molar-refractivity contribution in [1.82, 2.24) is 24.8 Å². The lowest BCUT2D eigenvalue weighted by Crippen LogP contribution is -2.37. The Balaban J connectivity index is 1.86. The molecule has 19 heavy (non-hydrogen) atoms. The van der Waals surface area contributed by atoms with Gasteiger partial charge in [-0.15, -0.1) is 5.10 Å². The fourth-order valence-electron chi connectivity index (χ4n) is 1.43. The molecule has 0 atom stereocenters. The van der Waals surface area contributed by atoms with Gasteiger partial charge in [-0.2, -0.15) is 4.98 Å². The number of aromatic nitrogens is 3. The summed E-state index contributed by atoms with van der Waals surface area (Å²) in [7, 11) is 3.34. The number of pyridine rings is 1. The van der Waals surface area contributed by atoms with Crippen molar-refractivity contribution in [3.63, 3.8) is 0 Å². The van der Waals surface area contributed by atoms with E-state index in [1.807, 2.05) is 0 Å². The minimum Gasteiger partial charge on any atom is -0.351 e. The molecule has 0 saturated carbocycles. The van der Waals surface area contributed by atoms with Crippen LogP contribution in [0.25, 0.3) is 5.65 Å². The molecule has 2 rings (SSSR count). The smallest absolute Gasteiger partial charge is 0.316 e. The molecule has 0 fully saturated rings. The van der Waals surface area contributed by atoms with E-state index in [2.05, 4.69) is 20.7 Å². The first-order valence-electron chi connectivity index (χ1n) is 5.77. The van der Waals surface area contributed by atoms with Crippen LogP contribution in [-0.2, 0) is 0 Å². The standard InChI is InChI=1S/C11H15FN6O/c1-17(2)11(19)14-6-5-13-10-15-9-4-3-8(12)7-18(9)16-10/h3-4,7H,5-6H2,1-2H3,(H,13,16)(H,14,19). The molecule has 2 N–H and O–H groups in total. The van der Waals surface area contributed by atoms with E-state index in [4.69, 9.17) is 0 Å². The fourth-order valence-corrected chi connectivity index (χ4v) is 1.43. The highest BCUT2D eigenvalue weighted by molar-refractivity contribution is 5.73. The number of carbonyl (C=O) groups is 1. The SMILES string of the molecule is CN(C)C(=O)NCCNc1nc2ccc(F)cn2n1. The number of nitrogens with zero attached hydrogens (tertiary/aromatic N) is 4. The van der Waals surface area contributed by atoms with Gasteiger partial charge in [0, 0.05) is 27.2 Å². The zero-order valence-electron chi connectivity index (χ0n) is 10.7. The molecule has 0 aliphatic carbocycles. The number of amides is 2. The second-order valence-corrected chi connectivity index (χ2v) is 4.14. The van der Waals surface area contributed by atoms with Crippen molar-refractivity contribution < 1.29 is 9.18 Å². The van der Waals surface area contributed by atoms with Crippen molar-refractivity contribution in [2.45, 2.75) is 0 Å². The zero-order chi connectivity index (χ0) is 13.8. The normalized spacial score (nSPS) is 10.5. The Morgan fingerprint density at radius 2 is 2.21 bits per heavy atom. The second-order valence-electron chi connectivity index (χ2n) is 4.14. The molecule has 2 heterocycles. The van der Waals surface area contributed by atoms with E-state index in [-0.39, 0.29) is 11.8 Å². The molecule has 102 valence electrons. The van der Waals surface area contributed by atoms with Crippen LogP contribution in [0.4, 0.5) is 15.1 Å². The van der Waals surface area contributed by atoms with E-state index in [0.717, 1.165) is 0 Å². The molecule has 2 aromatic rings. The molecule has 0 unspecified atom stereocenters. The van der Waals surface area contributed by atoms with E-state index in [1.165, 1.54) is 21.7 Å². The van der Waals surface area contributed by atoms with E-state index in [1.54, 1.807) is 20.2 Å². The van der Waals surface area contributed by atoms with Gasteiger partial charge < -0.3 is 15.5 Å². The third-order valence-corrected chi connectivity index (χ3v) is 2.39.